The molecule has 7 nitrogen and oxygen atoms in total. The number of aryl methyl sites for hydroxylation is 1. The van der Waals surface area contributed by atoms with Gasteiger partial charge in [-0.05, 0) is 42.7 Å². The van der Waals surface area contributed by atoms with Crippen LogP contribution >= 0.6 is 0 Å². The quantitative estimate of drug-likeness (QED) is 0.522. The van der Waals surface area contributed by atoms with Gasteiger partial charge in [-0.3, -0.25) is 19.4 Å². The molecule has 26 heavy (non-hydrogen) atoms. The summed E-state index contributed by atoms with van der Waals surface area (Å²) in [6, 6.07) is 11.1. The van der Waals surface area contributed by atoms with Crippen molar-refractivity contribution < 1.29 is 13.3 Å². The normalized spacial score (nSPS) is 13.8. The largest absolute Gasteiger partial charge is 0.271 e. The Bertz CT molecular complexity index is 1160. The molecule has 0 amide bonds. The third-order valence-corrected chi connectivity index (χ3v) is 6.50. The molecule has 1 aromatic heterocycles. The van der Waals surface area contributed by atoms with Gasteiger partial charge in [0.25, 0.3) is 15.7 Å². The first-order chi connectivity index (χ1) is 12.4. The summed E-state index contributed by atoms with van der Waals surface area (Å²) in [6.07, 6.45) is 2.15. The van der Waals surface area contributed by atoms with Gasteiger partial charge in [0, 0.05) is 30.3 Å². The summed E-state index contributed by atoms with van der Waals surface area (Å²) in [6.45, 7) is 2.13. The third-order valence-electron chi connectivity index (χ3n) is 4.63. The molecule has 132 valence electrons. The number of pyridine rings is 1. The molecule has 2 aromatic carbocycles. The Morgan fingerprint density at radius 1 is 1.19 bits per heavy atom. The molecule has 2 heterocycles. The fraction of sp³-hybridized carbons (Fsp3) is 0.167. The number of hydrogen-bond donors (Lipinski definition) is 0. The zero-order valence-electron chi connectivity index (χ0n) is 13.9. The highest BCUT2D eigenvalue weighted by molar-refractivity contribution is 7.93. The molecule has 0 unspecified atom stereocenters. The highest BCUT2D eigenvalue weighted by Crippen LogP contribution is 2.37. The van der Waals surface area contributed by atoms with Gasteiger partial charge in [0.05, 0.1) is 21.0 Å². The Morgan fingerprint density at radius 3 is 2.77 bits per heavy atom. The van der Waals surface area contributed by atoms with Crippen molar-refractivity contribution in [2.24, 2.45) is 0 Å². The van der Waals surface area contributed by atoms with Crippen molar-refractivity contribution in [2.45, 2.75) is 18.2 Å². The van der Waals surface area contributed by atoms with Gasteiger partial charge >= 0.3 is 0 Å². The van der Waals surface area contributed by atoms with Gasteiger partial charge in [-0.25, -0.2) is 8.42 Å². The maximum atomic E-state index is 13.3. The lowest BCUT2D eigenvalue weighted by molar-refractivity contribution is -0.384. The van der Waals surface area contributed by atoms with Crippen LogP contribution in [0.3, 0.4) is 0 Å². The van der Waals surface area contributed by atoms with Crippen molar-refractivity contribution in [3.8, 4) is 0 Å². The van der Waals surface area contributed by atoms with Crippen molar-refractivity contribution in [3.63, 3.8) is 0 Å². The maximum absolute atomic E-state index is 13.3. The number of nitro groups is 1. The number of sulfonamides is 1. The van der Waals surface area contributed by atoms with Gasteiger partial charge in [-0.1, -0.05) is 12.1 Å². The molecule has 0 atom stereocenters. The Balaban J connectivity index is 1.90. The molecule has 0 N–H and O–H groups in total. The van der Waals surface area contributed by atoms with Gasteiger partial charge in [-0.15, -0.1) is 0 Å². The summed E-state index contributed by atoms with van der Waals surface area (Å²) in [7, 11) is -3.87. The number of nitro benzene ring substituents is 1. The topological polar surface area (TPSA) is 93.4 Å². The molecule has 0 radical (unpaired) electrons. The van der Waals surface area contributed by atoms with Crippen LogP contribution in [0, 0.1) is 17.0 Å². The second-order valence-corrected chi connectivity index (χ2v) is 8.01. The molecule has 8 heteroatoms. The average molecular weight is 369 g/mol. The van der Waals surface area contributed by atoms with E-state index in [1.807, 2.05) is 6.92 Å². The lowest BCUT2D eigenvalue weighted by Crippen LogP contribution is -2.29. The molecule has 0 spiro atoms. The Labute approximate surface area is 150 Å². The molecule has 0 fully saturated rings. The number of nitrogens with zero attached hydrogens (tertiary/aromatic N) is 3. The highest BCUT2D eigenvalue weighted by atomic mass is 32.2. The highest BCUT2D eigenvalue weighted by Gasteiger charge is 2.33. The van der Waals surface area contributed by atoms with E-state index >= 15 is 0 Å². The number of benzene rings is 2. The molecule has 1 aliphatic heterocycles. The summed E-state index contributed by atoms with van der Waals surface area (Å²) in [5, 5.41) is 11.6. The second-order valence-electron chi connectivity index (χ2n) is 6.18. The molecular weight excluding hydrogens is 354 g/mol. The van der Waals surface area contributed by atoms with Crippen molar-refractivity contribution in [1.82, 2.24) is 4.98 Å². The molecule has 0 saturated carbocycles. The molecule has 3 aromatic rings. The van der Waals surface area contributed by atoms with Gasteiger partial charge in [-0.2, -0.15) is 0 Å². The molecule has 0 aliphatic carbocycles. The Kier molecular flexibility index (Phi) is 3.66. The van der Waals surface area contributed by atoms with Crippen molar-refractivity contribution in [2.75, 3.05) is 10.8 Å². The molecule has 1 aliphatic rings. The molecule has 0 saturated heterocycles. The van der Waals surface area contributed by atoms with E-state index < -0.39 is 14.9 Å². The number of fused-ring (bicyclic) bond motifs is 2. The van der Waals surface area contributed by atoms with Crippen LogP contribution in [0.25, 0.3) is 10.9 Å². The van der Waals surface area contributed by atoms with Crippen LogP contribution in [0.5, 0.6) is 0 Å². The number of rotatable bonds is 3. The second kappa shape index (κ2) is 5.77. The monoisotopic (exact) mass is 369 g/mol. The first-order valence-corrected chi connectivity index (χ1v) is 9.48. The van der Waals surface area contributed by atoms with Crippen LogP contribution in [0.2, 0.25) is 0 Å². The SMILES string of the molecule is Cc1ccc(S(=O)(=O)N2CCc3ccc([N+](=O)[O-])cc32)c2cccnc12. The van der Waals surface area contributed by atoms with E-state index in [1.165, 1.54) is 16.4 Å². The number of hydrogen-bond acceptors (Lipinski definition) is 5. The summed E-state index contributed by atoms with van der Waals surface area (Å²) >= 11 is 0. The maximum Gasteiger partial charge on any atom is 0.271 e. The van der Waals surface area contributed by atoms with E-state index in [0.29, 0.717) is 23.0 Å². The van der Waals surface area contributed by atoms with Crippen LogP contribution in [0.15, 0.2) is 53.6 Å². The standard InChI is InChI=1S/C18H15N3O4S/c1-12-4-7-17(15-3-2-9-19-18(12)15)26(24,25)20-10-8-13-5-6-14(21(22)23)11-16(13)20/h2-7,9,11H,8,10H2,1H3. The van der Waals surface area contributed by atoms with Crippen molar-refractivity contribution in [1.29, 1.82) is 0 Å². The van der Waals surface area contributed by atoms with Gasteiger partial charge in [0.15, 0.2) is 0 Å². The fourth-order valence-corrected chi connectivity index (χ4v) is 5.01. The first kappa shape index (κ1) is 16.5. The predicted molar refractivity (Wildman–Crippen MR) is 97.8 cm³/mol. The summed E-state index contributed by atoms with van der Waals surface area (Å²) in [5.74, 6) is 0. The summed E-state index contributed by atoms with van der Waals surface area (Å²) < 4.78 is 27.9. The van der Waals surface area contributed by atoms with Crippen LogP contribution < -0.4 is 4.31 Å². The van der Waals surface area contributed by atoms with Crippen LogP contribution in [0.4, 0.5) is 11.4 Å². The number of anilines is 1. The van der Waals surface area contributed by atoms with E-state index in [1.54, 1.807) is 36.5 Å². The van der Waals surface area contributed by atoms with Gasteiger partial charge in [0.2, 0.25) is 0 Å². The zero-order chi connectivity index (χ0) is 18.5. The van der Waals surface area contributed by atoms with Crippen LogP contribution in [0.1, 0.15) is 11.1 Å². The minimum Gasteiger partial charge on any atom is -0.265 e. The van der Waals surface area contributed by atoms with Crippen molar-refractivity contribution in [3.05, 3.63) is 69.9 Å². The minimum atomic E-state index is -3.87. The van der Waals surface area contributed by atoms with Gasteiger partial charge in [0.1, 0.15) is 0 Å². The Morgan fingerprint density at radius 2 is 2.00 bits per heavy atom. The van der Waals surface area contributed by atoms with Crippen molar-refractivity contribution >= 4 is 32.3 Å². The molecule has 4 rings (SSSR count). The smallest absolute Gasteiger partial charge is 0.265 e. The van der Waals surface area contributed by atoms with E-state index in [-0.39, 0.29) is 17.1 Å². The Hall–Kier alpha value is -3.00. The number of aromatic nitrogens is 1. The van der Waals surface area contributed by atoms with Crippen LogP contribution in [-0.4, -0.2) is 24.9 Å². The lowest BCUT2D eigenvalue weighted by Gasteiger charge is -2.20. The van der Waals surface area contributed by atoms with Crippen LogP contribution in [-0.2, 0) is 16.4 Å². The van der Waals surface area contributed by atoms with E-state index in [0.717, 1.165) is 11.1 Å². The first-order valence-electron chi connectivity index (χ1n) is 8.04. The van der Waals surface area contributed by atoms with E-state index in [2.05, 4.69) is 4.98 Å². The molecule has 0 bridgehead atoms. The summed E-state index contributed by atoms with van der Waals surface area (Å²) in [5.41, 5.74) is 2.55. The lowest BCUT2D eigenvalue weighted by atomic mass is 10.1. The predicted octanol–water partition coefficient (Wildman–Crippen LogP) is 3.20. The minimum absolute atomic E-state index is 0.124. The van der Waals surface area contributed by atoms with E-state index in [9.17, 15) is 18.5 Å². The fourth-order valence-electron chi connectivity index (χ4n) is 3.33. The average Bonchev–Trinajstić information content (AvgIpc) is 3.06. The molecular formula is C18H15N3O4S. The number of non-ortho nitro benzene ring substituents is 1. The summed E-state index contributed by atoms with van der Waals surface area (Å²) in [4.78, 5) is 15.0. The zero-order valence-corrected chi connectivity index (χ0v) is 14.7. The third kappa shape index (κ3) is 2.41. The van der Waals surface area contributed by atoms with Gasteiger partial charge < -0.3 is 0 Å². The van der Waals surface area contributed by atoms with E-state index in [4.69, 9.17) is 0 Å².